The molecule has 0 bridgehead atoms. The van der Waals surface area contributed by atoms with Gasteiger partial charge in [0.05, 0.1) is 0 Å². The summed E-state index contributed by atoms with van der Waals surface area (Å²) < 4.78 is 0. The molecular formula is C15H22N2. The van der Waals surface area contributed by atoms with Crippen molar-refractivity contribution < 1.29 is 0 Å². The van der Waals surface area contributed by atoms with E-state index in [1.807, 2.05) is 7.05 Å². The number of hydrogen-bond donors (Lipinski definition) is 1. The average Bonchev–Trinajstić information content (AvgIpc) is 2.35. The van der Waals surface area contributed by atoms with Crippen molar-refractivity contribution in [1.29, 1.82) is 0 Å². The van der Waals surface area contributed by atoms with Gasteiger partial charge in [-0.25, -0.2) is 0 Å². The predicted molar refractivity (Wildman–Crippen MR) is 72.9 cm³/mol. The Labute approximate surface area is 104 Å². The lowest BCUT2D eigenvalue weighted by molar-refractivity contribution is 0.285. The van der Waals surface area contributed by atoms with Crippen molar-refractivity contribution in [1.82, 2.24) is 10.2 Å². The second-order valence-electron chi connectivity index (χ2n) is 4.83. The maximum absolute atomic E-state index is 3.24. The van der Waals surface area contributed by atoms with E-state index >= 15 is 0 Å². The summed E-state index contributed by atoms with van der Waals surface area (Å²) in [4.78, 5) is 2.52. The summed E-state index contributed by atoms with van der Waals surface area (Å²) in [6.07, 6.45) is 3.57. The van der Waals surface area contributed by atoms with Crippen LogP contribution in [0.25, 0.3) is 0 Å². The summed E-state index contributed by atoms with van der Waals surface area (Å²) in [5, 5.41) is 3.24. The van der Waals surface area contributed by atoms with E-state index < -0.39 is 0 Å². The third kappa shape index (κ3) is 3.42. The molecule has 0 radical (unpaired) electrons. The van der Waals surface area contributed by atoms with Gasteiger partial charge in [0.25, 0.3) is 0 Å². The third-order valence-electron chi connectivity index (χ3n) is 3.40. The fraction of sp³-hybridized carbons (Fsp3) is 0.467. The molecule has 0 saturated carbocycles. The van der Waals surface area contributed by atoms with E-state index in [9.17, 15) is 0 Å². The molecule has 0 unspecified atom stereocenters. The summed E-state index contributed by atoms with van der Waals surface area (Å²) in [6.45, 7) is 6.54. The lowest BCUT2D eigenvalue weighted by Gasteiger charge is -2.26. The van der Waals surface area contributed by atoms with Crippen molar-refractivity contribution in [3.8, 4) is 0 Å². The number of rotatable bonds is 4. The van der Waals surface area contributed by atoms with Gasteiger partial charge in [0.1, 0.15) is 0 Å². The Bertz CT molecular complexity index is 396. The minimum Gasteiger partial charge on any atom is -0.316 e. The number of nitrogens with one attached hydrogen (secondary N) is 1. The Morgan fingerprint density at radius 1 is 1.24 bits per heavy atom. The van der Waals surface area contributed by atoms with Crippen LogP contribution in [0, 0.1) is 0 Å². The summed E-state index contributed by atoms with van der Waals surface area (Å²) in [5.41, 5.74) is 4.40. The Hall–Kier alpha value is -1.12. The molecule has 0 aromatic heterocycles. The molecule has 1 heterocycles. The molecule has 92 valence electrons. The number of hydrogen-bond acceptors (Lipinski definition) is 2. The largest absolute Gasteiger partial charge is 0.316 e. The summed E-state index contributed by atoms with van der Waals surface area (Å²) in [5.74, 6) is 0. The average molecular weight is 230 g/mol. The molecule has 0 aliphatic carbocycles. The molecular weight excluding hydrogens is 208 g/mol. The summed E-state index contributed by atoms with van der Waals surface area (Å²) in [6, 6.07) is 8.73. The van der Waals surface area contributed by atoms with Gasteiger partial charge in [-0.05, 0) is 31.5 Å². The van der Waals surface area contributed by atoms with Gasteiger partial charge in [-0.3, -0.25) is 4.90 Å². The molecule has 0 fully saturated rings. The van der Waals surface area contributed by atoms with E-state index in [1.54, 1.807) is 0 Å². The molecule has 2 heteroatoms. The maximum Gasteiger partial charge on any atom is 0.0240 e. The van der Waals surface area contributed by atoms with Crippen LogP contribution in [0.15, 0.2) is 35.9 Å². The molecule has 1 aliphatic rings. The molecule has 1 aliphatic heterocycles. The zero-order valence-electron chi connectivity index (χ0n) is 10.9. The molecule has 0 amide bonds. The topological polar surface area (TPSA) is 15.3 Å². The fourth-order valence-electron chi connectivity index (χ4n) is 2.27. The molecule has 1 aromatic rings. The first-order valence-electron chi connectivity index (χ1n) is 6.39. The highest BCUT2D eigenvalue weighted by molar-refractivity contribution is 5.27. The molecule has 1 aromatic carbocycles. The highest BCUT2D eigenvalue weighted by atomic mass is 15.1. The van der Waals surface area contributed by atoms with Gasteiger partial charge in [0.2, 0.25) is 0 Å². The van der Waals surface area contributed by atoms with Gasteiger partial charge in [-0.1, -0.05) is 35.9 Å². The molecule has 1 N–H and O–H groups in total. The molecule has 0 saturated heterocycles. The summed E-state index contributed by atoms with van der Waals surface area (Å²) in [7, 11) is 2.00. The lowest BCUT2D eigenvalue weighted by atomic mass is 10.1. The van der Waals surface area contributed by atoms with Crippen molar-refractivity contribution in [2.75, 3.05) is 20.1 Å². The first-order valence-corrected chi connectivity index (χ1v) is 6.39. The van der Waals surface area contributed by atoms with E-state index in [4.69, 9.17) is 0 Å². The van der Waals surface area contributed by atoms with Crippen molar-refractivity contribution in [2.45, 2.75) is 26.4 Å². The Kier molecular flexibility index (Phi) is 4.35. The first-order chi connectivity index (χ1) is 8.29. The van der Waals surface area contributed by atoms with Crippen LogP contribution < -0.4 is 5.32 Å². The second kappa shape index (κ2) is 5.99. The van der Waals surface area contributed by atoms with Crippen LogP contribution in [0.1, 0.15) is 24.5 Å². The van der Waals surface area contributed by atoms with Crippen molar-refractivity contribution in [3.63, 3.8) is 0 Å². The Morgan fingerprint density at radius 3 is 2.65 bits per heavy atom. The quantitative estimate of drug-likeness (QED) is 0.800. The maximum atomic E-state index is 3.24. The van der Waals surface area contributed by atoms with Gasteiger partial charge in [0, 0.05) is 26.2 Å². The minimum atomic E-state index is 0.957. The SMILES string of the molecule is CNCc1ccccc1CN1CC=C(C)CC1. The minimum absolute atomic E-state index is 0.957. The standard InChI is InChI=1S/C15H22N2/c1-13-7-9-17(10-8-13)12-15-6-4-3-5-14(15)11-16-2/h3-7,16H,8-12H2,1-2H3. The van der Waals surface area contributed by atoms with Crippen molar-refractivity contribution in [2.24, 2.45) is 0 Å². The van der Waals surface area contributed by atoms with E-state index in [2.05, 4.69) is 47.5 Å². The normalized spacial score (nSPS) is 16.9. The van der Waals surface area contributed by atoms with E-state index in [1.165, 1.54) is 29.7 Å². The van der Waals surface area contributed by atoms with Crippen molar-refractivity contribution in [3.05, 3.63) is 47.0 Å². The molecule has 2 rings (SSSR count). The van der Waals surface area contributed by atoms with Crippen molar-refractivity contribution >= 4 is 0 Å². The Morgan fingerprint density at radius 2 is 2.00 bits per heavy atom. The molecule has 17 heavy (non-hydrogen) atoms. The van der Waals surface area contributed by atoms with E-state index in [0.29, 0.717) is 0 Å². The zero-order chi connectivity index (χ0) is 12.1. The molecule has 2 nitrogen and oxygen atoms in total. The zero-order valence-corrected chi connectivity index (χ0v) is 10.9. The van der Waals surface area contributed by atoms with Crippen LogP contribution >= 0.6 is 0 Å². The molecule has 0 spiro atoms. The van der Waals surface area contributed by atoms with Gasteiger partial charge in [-0.2, -0.15) is 0 Å². The van der Waals surface area contributed by atoms with Gasteiger partial charge in [-0.15, -0.1) is 0 Å². The van der Waals surface area contributed by atoms with Crippen LogP contribution in [-0.4, -0.2) is 25.0 Å². The predicted octanol–water partition coefficient (Wildman–Crippen LogP) is 2.56. The van der Waals surface area contributed by atoms with Crippen LogP contribution in [0.5, 0.6) is 0 Å². The van der Waals surface area contributed by atoms with Crippen LogP contribution in [0.3, 0.4) is 0 Å². The second-order valence-corrected chi connectivity index (χ2v) is 4.83. The monoisotopic (exact) mass is 230 g/mol. The highest BCUT2D eigenvalue weighted by Crippen LogP contribution is 2.15. The number of benzene rings is 1. The first kappa shape index (κ1) is 12.3. The Balaban J connectivity index is 2.03. The lowest BCUT2D eigenvalue weighted by Crippen LogP contribution is -2.28. The number of nitrogens with zero attached hydrogens (tertiary/aromatic N) is 1. The third-order valence-corrected chi connectivity index (χ3v) is 3.40. The van der Waals surface area contributed by atoms with Crippen LogP contribution in [0.2, 0.25) is 0 Å². The van der Waals surface area contributed by atoms with E-state index in [0.717, 1.165) is 19.6 Å². The van der Waals surface area contributed by atoms with Crippen LogP contribution in [-0.2, 0) is 13.1 Å². The van der Waals surface area contributed by atoms with E-state index in [-0.39, 0.29) is 0 Å². The van der Waals surface area contributed by atoms with Crippen LogP contribution in [0.4, 0.5) is 0 Å². The van der Waals surface area contributed by atoms with Gasteiger partial charge in [0.15, 0.2) is 0 Å². The highest BCUT2D eigenvalue weighted by Gasteiger charge is 2.11. The fourth-order valence-corrected chi connectivity index (χ4v) is 2.27. The van der Waals surface area contributed by atoms with Gasteiger partial charge >= 0.3 is 0 Å². The smallest absolute Gasteiger partial charge is 0.0240 e. The van der Waals surface area contributed by atoms with Gasteiger partial charge < -0.3 is 5.32 Å². The molecule has 0 atom stereocenters. The summed E-state index contributed by atoms with van der Waals surface area (Å²) >= 11 is 0.